The van der Waals surface area contributed by atoms with Crippen LogP contribution < -0.4 is 16.0 Å². The Hall–Kier alpha value is -4.20. The van der Waals surface area contributed by atoms with Crippen LogP contribution in [0.2, 0.25) is 0 Å². The monoisotopic (exact) mass is 418 g/mol. The second kappa shape index (κ2) is 11.1. The molecule has 2 aromatic heterocycles. The summed E-state index contributed by atoms with van der Waals surface area (Å²) in [5.41, 5.74) is 2.07. The molecule has 8 nitrogen and oxygen atoms in total. The van der Waals surface area contributed by atoms with Gasteiger partial charge in [0.25, 0.3) is 5.91 Å². The lowest BCUT2D eigenvalue weighted by atomic mass is 10.2. The summed E-state index contributed by atoms with van der Waals surface area (Å²) < 4.78 is 5.09. The van der Waals surface area contributed by atoms with Crippen LogP contribution in [0.5, 0.6) is 0 Å². The van der Waals surface area contributed by atoms with E-state index in [9.17, 15) is 14.4 Å². The lowest BCUT2D eigenvalue weighted by molar-refractivity contribution is -0.121. The van der Waals surface area contributed by atoms with Crippen LogP contribution in [0.1, 0.15) is 28.1 Å². The number of hydrogen-bond acceptors (Lipinski definition) is 5. The van der Waals surface area contributed by atoms with E-state index in [0.717, 1.165) is 5.56 Å². The van der Waals surface area contributed by atoms with Gasteiger partial charge in [-0.1, -0.05) is 12.1 Å². The maximum atomic E-state index is 12.1. The fraction of sp³-hybridized carbons (Fsp3) is 0.130. The van der Waals surface area contributed by atoms with Gasteiger partial charge in [0.2, 0.25) is 11.8 Å². The van der Waals surface area contributed by atoms with Crippen LogP contribution in [0.4, 0.5) is 5.69 Å². The van der Waals surface area contributed by atoms with Crippen LogP contribution in [0.25, 0.3) is 6.08 Å². The number of carbonyl (C=O) groups is 3. The molecule has 0 unspecified atom stereocenters. The molecule has 0 spiro atoms. The van der Waals surface area contributed by atoms with Crippen molar-refractivity contribution < 1.29 is 18.8 Å². The Labute approximate surface area is 179 Å². The summed E-state index contributed by atoms with van der Waals surface area (Å²) in [6.45, 7) is 0.580. The Morgan fingerprint density at radius 1 is 0.968 bits per heavy atom. The second-order valence-electron chi connectivity index (χ2n) is 6.55. The fourth-order valence-electron chi connectivity index (χ4n) is 2.60. The van der Waals surface area contributed by atoms with Gasteiger partial charge >= 0.3 is 0 Å². The molecule has 0 aliphatic carbocycles. The van der Waals surface area contributed by atoms with Crippen molar-refractivity contribution in [3.8, 4) is 0 Å². The van der Waals surface area contributed by atoms with Gasteiger partial charge in [0.1, 0.15) is 5.76 Å². The number of nitrogens with one attached hydrogen (secondary N) is 3. The van der Waals surface area contributed by atoms with E-state index in [1.807, 2.05) is 12.1 Å². The Bertz CT molecular complexity index is 1030. The first-order valence-electron chi connectivity index (χ1n) is 9.66. The summed E-state index contributed by atoms with van der Waals surface area (Å²) in [7, 11) is 0. The van der Waals surface area contributed by atoms with Crippen molar-refractivity contribution in [2.75, 3.05) is 11.9 Å². The van der Waals surface area contributed by atoms with Crippen molar-refractivity contribution in [3.63, 3.8) is 0 Å². The number of anilines is 1. The number of amides is 3. The minimum Gasteiger partial charge on any atom is -0.465 e. The molecule has 158 valence electrons. The van der Waals surface area contributed by atoms with E-state index in [1.165, 1.54) is 12.3 Å². The molecular formula is C23H22N4O4. The van der Waals surface area contributed by atoms with Gasteiger partial charge in [0.05, 0.1) is 6.26 Å². The molecule has 3 N–H and O–H groups in total. The van der Waals surface area contributed by atoms with Gasteiger partial charge in [-0.2, -0.15) is 0 Å². The Kier molecular flexibility index (Phi) is 7.70. The zero-order valence-corrected chi connectivity index (χ0v) is 16.7. The number of furan rings is 1. The number of nitrogens with zero attached hydrogens (tertiary/aromatic N) is 1. The average Bonchev–Trinajstić information content (AvgIpc) is 3.31. The molecule has 0 saturated heterocycles. The first-order valence-corrected chi connectivity index (χ1v) is 9.66. The summed E-state index contributed by atoms with van der Waals surface area (Å²) in [4.78, 5) is 39.7. The van der Waals surface area contributed by atoms with Crippen LogP contribution in [-0.2, 0) is 16.1 Å². The maximum Gasteiger partial charge on any atom is 0.255 e. The highest BCUT2D eigenvalue weighted by atomic mass is 16.3. The highest BCUT2D eigenvalue weighted by molar-refractivity contribution is 6.04. The van der Waals surface area contributed by atoms with Crippen molar-refractivity contribution in [2.24, 2.45) is 0 Å². The Morgan fingerprint density at radius 2 is 1.74 bits per heavy atom. The van der Waals surface area contributed by atoms with Crippen molar-refractivity contribution in [2.45, 2.75) is 13.0 Å². The van der Waals surface area contributed by atoms with E-state index < -0.39 is 0 Å². The molecule has 3 rings (SSSR count). The van der Waals surface area contributed by atoms with Gasteiger partial charge in [-0.05, 0) is 48.0 Å². The average molecular weight is 418 g/mol. The quantitative estimate of drug-likeness (QED) is 0.463. The summed E-state index contributed by atoms with van der Waals surface area (Å²) in [5, 5.41) is 8.24. The standard InChI is InChI=1S/C23H22N4O4/c28-21(8-7-20-2-1-15-31-20)25-14-11-22(29)26-16-17-3-5-19(6-4-17)27-23(30)18-9-12-24-13-10-18/h1-10,12-13,15H,11,14,16H2,(H,25,28)(H,26,29)(H,27,30)/b8-7+. The van der Waals surface area contributed by atoms with Crippen LogP contribution in [-0.4, -0.2) is 29.3 Å². The SMILES string of the molecule is O=C(/C=C/c1ccco1)NCCC(=O)NCc1ccc(NC(=O)c2ccncc2)cc1. The minimum absolute atomic E-state index is 0.167. The van der Waals surface area contributed by atoms with Gasteiger partial charge in [-0.3, -0.25) is 19.4 Å². The largest absolute Gasteiger partial charge is 0.465 e. The zero-order valence-electron chi connectivity index (χ0n) is 16.7. The molecule has 0 fully saturated rings. The molecule has 3 amide bonds. The molecule has 0 atom stereocenters. The molecule has 0 aliphatic heterocycles. The summed E-state index contributed by atoms with van der Waals surface area (Å²) in [5.74, 6) is -0.112. The minimum atomic E-state index is -0.298. The molecule has 31 heavy (non-hydrogen) atoms. The van der Waals surface area contributed by atoms with Gasteiger partial charge in [0.15, 0.2) is 0 Å². The molecule has 8 heteroatoms. The highest BCUT2D eigenvalue weighted by Crippen LogP contribution is 2.11. The number of carbonyl (C=O) groups excluding carboxylic acids is 3. The van der Waals surface area contributed by atoms with E-state index in [1.54, 1.807) is 54.9 Å². The fourth-order valence-corrected chi connectivity index (χ4v) is 2.60. The van der Waals surface area contributed by atoms with Gasteiger partial charge < -0.3 is 20.4 Å². The van der Waals surface area contributed by atoms with E-state index in [0.29, 0.717) is 23.6 Å². The van der Waals surface area contributed by atoms with E-state index in [4.69, 9.17) is 4.42 Å². The maximum absolute atomic E-state index is 12.1. The smallest absolute Gasteiger partial charge is 0.255 e. The van der Waals surface area contributed by atoms with Crippen LogP contribution in [0.3, 0.4) is 0 Å². The number of benzene rings is 1. The van der Waals surface area contributed by atoms with Crippen molar-refractivity contribution in [1.82, 2.24) is 15.6 Å². The summed E-state index contributed by atoms with van der Waals surface area (Å²) in [6, 6.07) is 13.9. The van der Waals surface area contributed by atoms with Gasteiger partial charge in [-0.15, -0.1) is 0 Å². The summed E-state index contributed by atoms with van der Waals surface area (Å²) in [6.07, 6.45) is 7.71. The first-order chi connectivity index (χ1) is 15.1. The Balaban J connectivity index is 1.35. The Morgan fingerprint density at radius 3 is 2.45 bits per heavy atom. The molecule has 3 aromatic rings. The summed E-state index contributed by atoms with van der Waals surface area (Å²) >= 11 is 0. The molecule has 1 aromatic carbocycles. The third kappa shape index (κ3) is 7.28. The van der Waals surface area contributed by atoms with Crippen LogP contribution in [0, 0.1) is 0 Å². The number of hydrogen-bond donors (Lipinski definition) is 3. The molecule has 0 aliphatic rings. The van der Waals surface area contributed by atoms with Gasteiger partial charge in [0, 0.05) is 49.2 Å². The number of rotatable bonds is 9. The number of aromatic nitrogens is 1. The van der Waals surface area contributed by atoms with Gasteiger partial charge in [-0.25, -0.2) is 0 Å². The third-order valence-corrected chi connectivity index (χ3v) is 4.24. The normalized spacial score (nSPS) is 10.6. The van der Waals surface area contributed by atoms with E-state index in [2.05, 4.69) is 20.9 Å². The predicted molar refractivity (Wildman–Crippen MR) is 116 cm³/mol. The molecule has 0 radical (unpaired) electrons. The third-order valence-electron chi connectivity index (χ3n) is 4.24. The molecule has 0 saturated carbocycles. The molecule has 0 bridgehead atoms. The lowest BCUT2D eigenvalue weighted by Gasteiger charge is -2.08. The van der Waals surface area contributed by atoms with Crippen LogP contribution in [0.15, 0.2) is 77.7 Å². The van der Waals surface area contributed by atoms with Crippen LogP contribution >= 0.6 is 0 Å². The molecular weight excluding hydrogens is 396 g/mol. The number of pyridine rings is 1. The lowest BCUT2D eigenvalue weighted by Crippen LogP contribution is -2.29. The molecule has 2 heterocycles. The highest BCUT2D eigenvalue weighted by Gasteiger charge is 2.06. The zero-order chi connectivity index (χ0) is 21.9. The van der Waals surface area contributed by atoms with Crippen molar-refractivity contribution in [3.05, 3.63) is 90.2 Å². The second-order valence-corrected chi connectivity index (χ2v) is 6.55. The van der Waals surface area contributed by atoms with Crippen molar-refractivity contribution in [1.29, 1.82) is 0 Å². The first kappa shape index (κ1) is 21.5. The van der Waals surface area contributed by atoms with E-state index >= 15 is 0 Å². The topological polar surface area (TPSA) is 113 Å². The predicted octanol–water partition coefficient (Wildman–Crippen LogP) is 2.76. The van der Waals surface area contributed by atoms with Crippen molar-refractivity contribution >= 4 is 29.5 Å². The van der Waals surface area contributed by atoms with E-state index in [-0.39, 0.29) is 30.7 Å².